The Morgan fingerprint density at radius 1 is 0.875 bits per heavy atom. The molecule has 0 heterocycles. The molecule has 0 radical (unpaired) electrons. The van der Waals surface area contributed by atoms with Gasteiger partial charge in [-0.15, -0.1) is 6.42 Å². The lowest BCUT2D eigenvalue weighted by Crippen LogP contribution is -2.23. The fraction of sp³-hybridized carbons (Fsp3) is 0.194. The molecule has 206 valence electrons. The molecule has 0 aliphatic rings. The molecule has 3 aromatic rings. The van der Waals surface area contributed by atoms with E-state index in [9.17, 15) is 26.3 Å². The average molecular weight is 556 g/mol. The molecule has 0 atom stereocenters. The first-order valence-electron chi connectivity index (χ1n) is 11.9. The second-order valence-electron chi connectivity index (χ2n) is 8.66. The summed E-state index contributed by atoms with van der Waals surface area (Å²) in [7, 11) is 0. The van der Waals surface area contributed by atoms with Crippen molar-refractivity contribution >= 4 is 0 Å². The number of halogens is 6. The van der Waals surface area contributed by atoms with Crippen LogP contribution >= 0.6 is 0 Å². The predicted octanol–water partition coefficient (Wildman–Crippen LogP) is 8.49. The Morgan fingerprint density at radius 2 is 1.43 bits per heavy atom. The number of alkyl halides is 4. The van der Waals surface area contributed by atoms with Crippen LogP contribution in [0, 0.1) is 35.3 Å². The number of benzene rings is 3. The molecule has 0 aromatic heterocycles. The third kappa shape index (κ3) is 7.48. The van der Waals surface area contributed by atoms with E-state index in [2.05, 4.69) is 10.7 Å². The van der Waals surface area contributed by atoms with E-state index >= 15 is 0 Å². The molecule has 0 N–H and O–H groups in total. The lowest BCUT2D eigenvalue weighted by atomic mass is 10.0. The molecule has 0 bridgehead atoms. The maximum Gasteiger partial charge on any atom is 0.429 e. The monoisotopic (exact) mass is 555 g/mol. The summed E-state index contributed by atoms with van der Waals surface area (Å²) in [5.74, 6) is -0.580. The number of rotatable bonds is 10. The van der Waals surface area contributed by atoms with Gasteiger partial charge in [0.25, 0.3) is 0 Å². The number of nitriles is 1. The van der Waals surface area contributed by atoms with Gasteiger partial charge in [-0.1, -0.05) is 25.0 Å². The average Bonchev–Trinajstić information content (AvgIpc) is 2.90. The van der Waals surface area contributed by atoms with Gasteiger partial charge in [0.1, 0.15) is 23.1 Å². The Morgan fingerprint density at radius 3 is 1.90 bits per heavy atom. The number of terminal acetylenes is 1. The first kappa shape index (κ1) is 29.9. The second-order valence-corrected chi connectivity index (χ2v) is 8.66. The van der Waals surface area contributed by atoms with Crippen LogP contribution in [0.4, 0.5) is 26.3 Å². The van der Waals surface area contributed by atoms with Crippen LogP contribution in [0.15, 0.2) is 84.1 Å². The van der Waals surface area contributed by atoms with Gasteiger partial charge in [0.2, 0.25) is 0 Å². The van der Waals surface area contributed by atoms with Gasteiger partial charge in [-0.05, 0) is 90.7 Å². The molecule has 0 unspecified atom stereocenters. The van der Waals surface area contributed by atoms with Crippen molar-refractivity contribution in [1.82, 2.24) is 0 Å². The third-order valence-electron chi connectivity index (χ3n) is 5.69. The maximum atomic E-state index is 14.7. The van der Waals surface area contributed by atoms with Gasteiger partial charge in [0.05, 0.1) is 22.8 Å². The van der Waals surface area contributed by atoms with Crippen LogP contribution in [-0.4, -0.2) is 0 Å². The minimum atomic E-state index is -4.03. The Balaban J connectivity index is 1.76. The minimum Gasteiger partial charge on any atom is -0.433 e. The van der Waals surface area contributed by atoms with E-state index in [4.69, 9.17) is 16.4 Å². The van der Waals surface area contributed by atoms with Crippen molar-refractivity contribution in [1.29, 1.82) is 5.26 Å². The number of hydrogen-bond acceptors (Lipinski definition) is 3. The smallest absolute Gasteiger partial charge is 0.429 e. The van der Waals surface area contributed by atoms with Crippen molar-refractivity contribution in [2.75, 3.05) is 0 Å². The quantitative estimate of drug-likeness (QED) is 0.109. The van der Waals surface area contributed by atoms with E-state index in [0.717, 1.165) is 36.4 Å². The molecule has 0 spiro atoms. The van der Waals surface area contributed by atoms with Gasteiger partial charge in [-0.3, -0.25) is 0 Å². The Hall–Kier alpha value is -4.63. The molecule has 40 heavy (non-hydrogen) atoms. The summed E-state index contributed by atoms with van der Waals surface area (Å²) < 4.78 is 97.3. The topological polar surface area (TPSA) is 42.2 Å². The van der Waals surface area contributed by atoms with Crippen LogP contribution in [0.2, 0.25) is 0 Å². The first-order valence-corrected chi connectivity index (χ1v) is 11.9. The summed E-state index contributed by atoms with van der Waals surface area (Å²) in [6, 6.07) is 12.5. The second kappa shape index (κ2) is 12.5. The largest absolute Gasteiger partial charge is 0.433 e. The molecule has 0 saturated heterocycles. The van der Waals surface area contributed by atoms with Crippen molar-refractivity contribution < 1.29 is 35.8 Å². The molecule has 9 heteroatoms. The predicted molar refractivity (Wildman–Crippen MR) is 137 cm³/mol. The molecule has 0 saturated carbocycles. The lowest BCUT2D eigenvalue weighted by molar-refractivity contribution is -0.226. The van der Waals surface area contributed by atoms with Crippen molar-refractivity contribution in [2.45, 2.75) is 38.9 Å². The molecule has 0 fully saturated rings. The highest BCUT2D eigenvalue weighted by atomic mass is 19.3. The number of nitrogens with zero attached hydrogens (tertiary/aromatic N) is 1. The van der Waals surface area contributed by atoms with Gasteiger partial charge in [-0.2, -0.15) is 22.8 Å². The van der Waals surface area contributed by atoms with Crippen molar-refractivity contribution in [3.63, 3.8) is 0 Å². The SMILES string of the molecule is C#CC(C)=CC=C(CC)OC(F)(F)c1ccc(Cc2ccc(C(F)(F)Oc3ccc(C#N)cc3)c(F)c2)cc1F. The Kier molecular flexibility index (Phi) is 9.34. The summed E-state index contributed by atoms with van der Waals surface area (Å²) >= 11 is 0. The molecule has 3 nitrogen and oxygen atoms in total. The fourth-order valence-corrected chi connectivity index (χ4v) is 3.56. The van der Waals surface area contributed by atoms with Crippen LogP contribution in [0.3, 0.4) is 0 Å². The summed E-state index contributed by atoms with van der Waals surface area (Å²) in [4.78, 5) is 0. The van der Waals surface area contributed by atoms with Crippen LogP contribution in [0.1, 0.15) is 48.1 Å². The van der Waals surface area contributed by atoms with Crippen molar-refractivity contribution in [3.05, 3.63) is 124 Å². The zero-order valence-corrected chi connectivity index (χ0v) is 21.5. The maximum absolute atomic E-state index is 14.7. The molecule has 0 aliphatic carbocycles. The lowest BCUT2D eigenvalue weighted by Gasteiger charge is -2.21. The van der Waals surface area contributed by atoms with Gasteiger partial charge >= 0.3 is 12.2 Å². The van der Waals surface area contributed by atoms with E-state index in [1.54, 1.807) is 13.8 Å². The van der Waals surface area contributed by atoms with E-state index < -0.39 is 35.0 Å². The number of allylic oxidation sites excluding steroid dienone is 4. The standard InChI is InChI=1S/C31H23F6NO2/c1-4-20(3)6-11-24(5-2)39-30(34,35)26-14-9-22(17-28(26)32)16-23-10-15-27(29(33)18-23)31(36,37)40-25-12-7-21(19-38)8-13-25/h1,6-15,17-18H,5,16H2,2-3H3. The number of ether oxygens (including phenoxy) is 2. The zero-order valence-electron chi connectivity index (χ0n) is 21.5. The molecule has 0 aliphatic heterocycles. The summed E-state index contributed by atoms with van der Waals surface area (Å²) in [5, 5.41) is 8.80. The Labute approximate surface area is 228 Å². The van der Waals surface area contributed by atoms with Gasteiger partial charge in [0.15, 0.2) is 0 Å². The van der Waals surface area contributed by atoms with E-state index in [1.807, 2.05) is 6.07 Å². The first-order chi connectivity index (χ1) is 18.9. The van der Waals surface area contributed by atoms with Gasteiger partial charge in [-0.25, -0.2) is 8.78 Å². The summed E-state index contributed by atoms with van der Waals surface area (Å²) in [5.41, 5.74) is -0.931. The summed E-state index contributed by atoms with van der Waals surface area (Å²) in [6.45, 7) is 3.19. The van der Waals surface area contributed by atoms with E-state index in [-0.39, 0.29) is 41.0 Å². The Bertz CT molecular complexity index is 1510. The van der Waals surface area contributed by atoms with Crippen LogP contribution in [0.5, 0.6) is 5.75 Å². The highest BCUT2D eigenvalue weighted by molar-refractivity contribution is 5.37. The van der Waals surface area contributed by atoms with Crippen molar-refractivity contribution in [3.8, 4) is 24.2 Å². The van der Waals surface area contributed by atoms with Crippen molar-refractivity contribution in [2.24, 2.45) is 0 Å². The fourth-order valence-electron chi connectivity index (χ4n) is 3.56. The molecular weight excluding hydrogens is 532 g/mol. The van der Waals surface area contributed by atoms with E-state index in [0.29, 0.717) is 5.57 Å². The molecular formula is C31H23F6NO2. The molecule has 0 amide bonds. The van der Waals surface area contributed by atoms with Gasteiger partial charge < -0.3 is 9.47 Å². The molecule has 3 aromatic carbocycles. The minimum absolute atomic E-state index is 0.1000. The number of hydrogen-bond donors (Lipinski definition) is 0. The van der Waals surface area contributed by atoms with Gasteiger partial charge in [0, 0.05) is 6.42 Å². The van der Waals surface area contributed by atoms with E-state index in [1.165, 1.54) is 36.4 Å². The third-order valence-corrected chi connectivity index (χ3v) is 5.69. The normalized spacial score (nSPS) is 12.4. The van der Waals surface area contributed by atoms with Crippen LogP contribution < -0.4 is 4.74 Å². The summed E-state index contributed by atoms with van der Waals surface area (Å²) in [6.07, 6.45) is -0.113. The van der Waals surface area contributed by atoms with Crippen LogP contribution in [-0.2, 0) is 23.4 Å². The molecule has 3 rings (SSSR count). The zero-order chi connectivity index (χ0) is 29.5. The highest BCUT2D eigenvalue weighted by Crippen LogP contribution is 2.36. The highest BCUT2D eigenvalue weighted by Gasteiger charge is 2.39. The van der Waals surface area contributed by atoms with Crippen LogP contribution in [0.25, 0.3) is 0 Å².